The first-order chi connectivity index (χ1) is 8.97. The summed E-state index contributed by atoms with van der Waals surface area (Å²) in [6.07, 6.45) is 1.40. The molecule has 0 aliphatic heterocycles. The third-order valence-corrected chi connectivity index (χ3v) is 2.25. The number of rotatable bonds is 6. The zero-order chi connectivity index (χ0) is 14.1. The van der Waals surface area contributed by atoms with Crippen LogP contribution in [0.5, 0.6) is 5.75 Å². The van der Waals surface area contributed by atoms with Gasteiger partial charge in [0.15, 0.2) is 0 Å². The van der Waals surface area contributed by atoms with E-state index >= 15 is 0 Å². The van der Waals surface area contributed by atoms with Gasteiger partial charge < -0.3 is 14.8 Å². The summed E-state index contributed by atoms with van der Waals surface area (Å²) < 4.78 is 10.7. The normalized spacial score (nSPS) is 10.9. The fourth-order valence-corrected chi connectivity index (χ4v) is 1.44. The van der Waals surface area contributed by atoms with Crippen molar-refractivity contribution in [2.45, 2.75) is 39.2 Å². The van der Waals surface area contributed by atoms with Crippen molar-refractivity contribution < 1.29 is 14.3 Å². The quantitative estimate of drug-likeness (QED) is 0.802. The topological polar surface area (TPSA) is 47.6 Å². The van der Waals surface area contributed by atoms with Crippen LogP contribution in [0.1, 0.15) is 33.6 Å². The van der Waals surface area contributed by atoms with Crippen molar-refractivity contribution in [1.82, 2.24) is 5.32 Å². The molecule has 0 saturated carbocycles. The molecule has 0 spiro atoms. The third kappa shape index (κ3) is 8.08. The van der Waals surface area contributed by atoms with E-state index in [1.165, 1.54) is 0 Å². The van der Waals surface area contributed by atoms with Crippen LogP contribution in [-0.2, 0) is 4.74 Å². The van der Waals surface area contributed by atoms with Gasteiger partial charge in [0.2, 0.25) is 0 Å². The second kappa shape index (κ2) is 7.67. The van der Waals surface area contributed by atoms with Crippen LogP contribution >= 0.6 is 0 Å². The first-order valence-electron chi connectivity index (χ1n) is 6.62. The predicted molar refractivity (Wildman–Crippen MR) is 75.4 cm³/mol. The van der Waals surface area contributed by atoms with E-state index in [4.69, 9.17) is 9.47 Å². The first kappa shape index (κ1) is 15.3. The minimum absolute atomic E-state index is 0.364. The molecule has 0 unspecified atom stereocenters. The largest absolute Gasteiger partial charge is 0.494 e. The number of para-hydroxylation sites is 1. The van der Waals surface area contributed by atoms with Gasteiger partial charge >= 0.3 is 6.09 Å². The third-order valence-electron chi connectivity index (χ3n) is 2.25. The summed E-state index contributed by atoms with van der Waals surface area (Å²) in [7, 11) is 0. The van der Waals surface area contributed by atoms with Gasteiger partial charge in [-0.2, -0.15) is 0 Å². The Hall–Kier alpha value is -1.71. The molecule has 106 valence electrons. The molecule has 19 heavy (non-hydrogen) atoms. The molecule has 0 fully saturated rings. The van der Waals surface area contributed by atoms with E-state index in [1.54, 1.807) is 0 Å². The predicted octanol–water partition coefficient (Wildman–Crippen LogP) is 3.37. The van der Waals surface area contributed by atoms with E-state index in [2.05, 4.69) is 5.32 Å². The Balaban J connectivity index is 2.01. The maximum Gasteiger partial charge on any atom is 0.407 e. The lowest BCUT2D eigenvalue weighted by Gasteiger charge is -2.19. The maximum atomic E-state index is 11.3. The molecule has 1 rings (SSSR count). The molecule has 4 heteroatoms. The molecular weight excluding hydrogens is 242 g/mol. The van der Waals surface area contributed by atoms with Crippen LogP contribution in [-0.4, -0.2) is 24.8 Å². The minimum Gasteiger partial charge on any atom is -0.494 e. The van der Waals surface area contributed by atoms with Gasteiger partial charge in [-0.25, -0.2) is 4.79 Å². The van der Waals surface area contributed by atoms with Gasteiger partial charge in [0, 0.05) is 6.54 Å². The first-order valence-corrected chi connectivity index (χ1v) is 6.62. The SMILES string of the molecule is CC(C)(C)OC(=O)NCCCCOc1ccccc1. The van der Waals surface area contributed by atoms with Crippen molar-refractivity contribution in [3.63, 3.8) is 0 Å². The standard InChI is InChI=1S/C15H23NO3/c1-15(2,3)19-14(17)16-11-7-8-12-18-13-9-5-4-6-10-13/h4-6,9-10H,7-8,11-12H2,1-3H3,(H,16,17). The van der Waals surface area contributed by atoms with Gasteiger partial charge in [-0.1, -0.05) is 18.2 Å². The van der Waals surface area contributed by atoms with Crippen molar-refractivity contribution >= 4 is 6.09 Å². The Labute approximate surface area is 115 Å². The van der Waals surface area contributed by atoms with Gasteiger partial charge in [0.25, 0.3) is 0 Å². The summed E-state index contributed by atoms with van der Waals surface area (Å²) in [6, 6.07) is 9.70. The monoisotopic (exact) mass is 265 g/mol. The smallest absolute Gasteiger partial charge is 0.407 e. The van der Waals surface area contributed by atoms with Gasteiger partial charge in [-0.15, -0.1) is 0 Å². The highest BCUT2D eigenvalue weighted by Crippen LogP contribution is 2.09. The highest BCUT2D eigenvalue weighted by Gasteiger charge is 2.15. The second-order valence-corrected chi connectivity index (χ2v) is 5.30. The summed E-state index contributed by atoms with van der Waals surface area (Å²) in [5.74, 6) is 0.877. The number of nitrogens with one attached hydrogen (secondary N) is 1. The number of carbonyl (C=O) groups excluding carboxylic acids is 1. The van der Waals surface area contributed by atoms with Crippen LogP contribution < -0.4 is 10.1 Å². The van der Waals surface area contributed by atoms with E-state index in [9.17, 15) is 4.79 Å². The molecule has 1 amide bonds. The van der Waals surface area contributed by atoms with E-state index in [-0.39, 0.29) is 6.09 Å². The summed E-state index contributed by atoms with van der Waals surface area (Å²) in [4.78, 5) is 11.3. The van der Waals surface area contributed by atoms with Gasteiger partial charge in [0.1, 0.15) is 11.4 Å². The number of benzene rings is 1. The van der Waals surface area contributed by atoms with Crippen LogP contribution in [0.2, 0.25) is 0 Å². The van der Waals surface area contributed by atoms with Crippen molar-refractivity contribution in [2.75, 3.05) is 13.2 Å². The van der Waals surface area contributed by atoms with Crippen molar-refractivity contribution in [3.8, 4) is 5.75 Å². The average molecular weight is 265 g/mol. The molecule has 0 bridgehead atoms. The Morgan fingerprint density at radius 2 is 1.84 bits per heavy atom. The van der Waals surface area contributed by atoms with Gasteiger partial charge in [-0.3, -0.25) is 0 Å². The average Bonchev–Trinajstić information content (AvgIpc) is 2.32. The highest BCUT2D eigenvalue weighted by molar-refractivity contribution is 5.67. The molecule has 0 aliphatic rings. The molecule has 0 saturated heterocycles. The zero-order valence-corrected chi connectivity index (χ0v) is 11.9. The molecule has 0 atom stereocenters. The molecule has 1 N–H and O–H groups in total. The minimum atomic E-state index is -0.444. The van der Waals surface area contributed by atoms with Crippen LogP contribution in [0.4, 0.5) is 4.79 Å². The molecule has 1 aromatic carbocycles. The number of alkyl carbamates (subject to hydrolysis) is 1. The van der Waals surface area contributed by atoms with Crippen LogP contribution in [0.25, 0.3) is 0 Å². The molecule has 0 aliphatic carbocycles. The van der Waals surface area contributed by atoms with Gasteiger partial charge in [0.05, 0.1) is 6.61 Å². The fraction of sp³-hybridized carbons (Fsp3) is 0.533. The van der Waals surface area contributed by atoms with E-state index in [1.807, 2.05) is 51.1 Å². The Morgan fingerprint density at radius 1 is 1.16 bits per heavy atom. The van der Waals surface area contributed by atoms with Crippen molar-refractivity contribution in [2.24, 2.45) is 0 Å². The number of hydrogen-bond acceptors (Lipinski definition) is 3. The molecular formula is C15H23NO3. The van der Waals surface area contributed by atoms with E-state index in [0.717, 1.165) is 18.6 Å². The van der Waals surface area contributed by atoms with Crippen molar-refractivity contribution in [1.29, 1.82) is 0 Å². The number of unbranched alkanes of at least 4 members (excludes halogenated alkanes) is 1. The highest BCUT2D eigenvalue weighted by atomic mass is 16.6. The van der Waals surface area contributed by atoms with E-state index in [0.29, 0.717) is 13.2 Å². The Bertz CT molecular complexity index is 371. The molecule has 0 radical (unpaired) electrons. The number of carbonyl (C=O) groups is 1. The van der Waals surface area contributed by atoms with Crippen LogP contribution in [0, 0.1) is 0 Å². The number of amides is 1. The second-order valence-electron chi connectivity index (χ2n) is 5.30. The lowest BCUT2D eigenvalue weighted by molar-refractivity contribution is 0.0526. The number of ether oxygens (including phenoxy) is 2. The summed E-state index contributed by atoms with van der Waals surface area (Å²) >= 11 is 0. The van der Waals surface area contributed by atoms with Crippen molar-refractivity contribution in [3.05, 3.63) is 30.3 Å². The maximum absolute atomic E-state index is 11.3. The Morgan fingerprint density at radius 3 is 2.47 bits per heavy atom. The van der Waals surface area contributed by atoms with Crippen LogP contribution in [0.3, 0.4) is 0 Å². The zero-order valence-electron chi connectivity index (χ0n) is 11.9. The Kier molecular flexibility index (Phi) is 6.19. The summed E-state index contributed by atoms with van der Waals surface area (Å²) in [6.45, 7) is 6.80. The molecule has 0 heterocycles. The van der Waals surface area contributed by atoms with E-state index < -0.39 is 5.60 Å². The molecule has 4 nitrogen and oxygen atoms in total. The molecule has 0 aromatic heterocycles. The lowest BCUT2D eigenvalue weighted by atomic mass is 10.2. The lowest BCUT2D eigenvalue weighted by Crippen LogP contribution is -2.33. The number of hydrogen-bond donors (Lipinski definition) is 1. The van der Waals surface area contributed by atoms with Crippen LogP contribution in [0.15, 0.2) is 30.3 Å². The van der Waals surface area contributed by atoms with Gasteiger partial charge in [-0.05, 0) is 45.7 Å². The summed E-state index contributed by atoms with van der Waals surface area (Å²) in [5, 5.41) is 2.72. The fourth-order valence-electron chi connectivity index (χ4n) is 1.44. The summed E-state index contributed by atoms with van der Waals surface area (Å²) in [5.41, 5.74) is -0.444. The molecule has 1 aromatic rings.